The van der Waals surface area contributed by atoms with Gasteiger partial charge in [-0.15, -0.1) is 11.3 Å². The molecule has 3 nitrogen and oxygen atoms in total. The second kappa shape index (κ2) is 5.16. The highest BCUT2D eigenvalue weighted by molar-refractivity contribution is 9.10. The molecule has 0 aliphatic heterocycles. The van der Waals surface area contributed by atoms with E-state index < -0.39 is 5.97 Å². The third-order valence-electron chi connectivity index (χ3n) is 2.82. The Bertz CT molecular complexity index is 831. The SMILES string of the molecule is O=C(O)c1cc(-c2cc(Br)cs2)nc2cc(Cl)ccc12. The first-order valence-corrected chi connectivity index (χ1v) is 7.67. The Kier molecular flexibility index (Phi) is 3.50. The fourth-order valence-electron chi connectivity index (χ4n) is 1.95. The van der Waals surface area contributed by atoms with Gasteiger partial charge in [0.1, 0.15) is 0 Å². The number of aromatic carboxylic acids is 1. The highest BCUT2D eigenvalue weighted by Gasteiger charge is 2.14. The van der Waals surface area contributed by atoms with Gasteiger partial charge in [0.05, 0.1) is 21.7 Å². The standard InChI is InChI=1S/C14H7BrClNO2S/c15-7-3-13(20-6-7)12-5-10(14(18)19)9-2-1-8(16)4-11(9)17-12/h1-6H,(H,18,19). The van der Waals surface area contributed by atoms with Crippen LogP contribution in [0.25, 0.3) is 21.5 Å². The summed E-state index contributed by atoms with van der Waals surface area (Å²) in [7, 11) is 0. The van der Waals surface area contributed by atoms with Crippen LogP contribution in [-0.2, 0) is 0 Å². The number of carbonyl (C=O) groups is 1. The topological polar surface area (TPSA) is 50.2 Å². The van der Waals surface area contributed by atoms with Crippen LogP contribution in [-0.4, -0.2) is 16.1 Å². The lowest BCUT2D eigenvalue weighted by Crippen LogP contribution is -1.99. The Labute approximate surface area is 132 Å². The van der Waals surface area contributed by atoms with Gasteiger partial charge in [0, 0.05) is 20.3 Å². The Morgan fingerprint density at radius 1 is 1.30 bits per heavy atom. The van der Waals surface area contributed by atoms with E-state index in [0.29, 0.717) is 21.6 Å². The minimum Gasteiger partial charge on any atom is -0.478 e. The van der Waals surface area contributed by atoms with E-state index in [-0.39, 0.29) is 5.56 Å². The number of thiophene rings is 1. The molecular weight excluding hydrogens is 362 g/mol. The molecule has 100 valence electrons. The molecule has 0 radical (unpaired) electrons. The molecule has 3 aromatic rings. The Balaban J connectivity index is 2.32. The number of aromatic nitrogens is 1. The Morgan fingerprint density at radius 3 is 2.75 bits per heavy atom. The molecular formula is C14H7BrClNO2S. The van der Waals surface area contributed by atoms with Crippen molar-refractivity contribution in [2.75, 3.05) is 0 Å². The monoisotopic (exact) mass is 367 g/mol. The van der Waals surface area contributed by atoms with Crippen LogP contribution in [0.15, 0.2) is 40.2 Å². The highest BCUT2D eigenvalue weighted by atomic mass is 79.9. The quantitative estimate of drug-likeness (QED) is 0.686. The maximum absolute atomic E-state index is 11.4. The lowest BCUT2D eigenvalue weighted by Gasteiger charge is -2.06. The van der Waals surface area contributed by atoms with E-state index in [1.807, 2.05) is 11.4 Å². The summed E-state index contributed by atoms with van der Waals surface area (Å²) in [6, 6.07) is 8.53. The summed E-state index contributed by atoms with van der Waals surface area (Å²) in [4.78, 5) is 16.8. The summed E-state index contributed by atoms with van der Waals surface area (Å²) >= 11 is 10.8. The van der Waals surface area contributed by atoms with Crippen molar-refractivity contribution in [1.29, 1.82) is 0 Å². The van der Waals surface area contributed by atoms with Crippen LogP contribution in [0.5, 0.6) is 0 Å². The van der Waals surface area contributed by atoms with Crippen LogP contribution in [0.3, 0.4) is 0 Å². The maximum atomic E-state index is 11.4. The van der Waals surface area contributed by atoms with E-state index >= 15 is 0 Å². The van der Waals surface area contributed by atoms with E-state index in [0.717, 1.165) is 9.35 Å². The fourth-order valence-corrected chi connectivity index (χ4v) is 3.51. The van der Waals surface area contributed by atoms with Gasteiger partial charge in [-0.3, -0.25) is 0 Å². The molecule has 0 atom stereocenters. The van der Waals surface area contributed by atoms with Crippen molar-refractivity contribution in [3.8, 4) is 10.6 Å². The van der Waals surface area contributed by atoms with Crippen molar-refractivity contribution in [2.24, 2.45) is 0 Å². The molecule has 0 unspecified atom stereocenters. The average Bonchev–Trinajstić information content (AvgIpc) is 2.83. The summed E-state index contributed by atoms with van der Waals surface area (Å²) in [6.45, 7) is 0. The number of nitrogens with zero attached hydrogens (tertiary/aromatic N) is 1. The molecule has 0 saturated heterocycles. The number of carboxylic acids is 1. The van der Waals surface area contributed by atoms with Crippen molar-refractivity contribution < 1.29 is 9.90 Å². The van der Waals surface area contributed by atoms with Crippen LogP contribution < -0.4 is 0 Å². The average molecular weight is 369 g/mol. The molecule has 2 aromatic heterocycles. The van der Waals surface area contributed by atoms with Crippen molar-refractivity contribution in [3.63, 3.8) is 0 Å². The third kappa shape index (κ3) is 2.44. The summed E-state index contributed by atoms with van der Waals surface area (Å²) in [5, 5.41) is 12.4. The van der Waals surface area contributed by atoms with Gasteiger partial charge >= 0.3 is 5.97 Å². The number of carboxylic acid groups (broad SMARTS) is 1. The number of hydrogen-bond donors (Lipinski definition) is 1. The van der Waals surface area contributed by atoms with Crippen molar-refractivity contribution in [1.82, 2.24) is 4.98 Å². The van der Waals surface area contributed by atoms with E-state index in [9.17, 15) is 9.90 Å². The third-order valence-corrected chi connectivity index (χ3v) is 4.77. The van der Waals surface area contributed by atoms with Crippen LogP contribution >= 0.6 is 38.9 Å². The first-order valence-electron chi connectivity index (χ1n) is 5.62. The molecule has 1 N–H and O–H groups in total. The summed E-state index contributed by atoms with van der Waals surface area (Å²) in [6.07, 6.45) is 0. The van der Waals surface area contributed by atoms with Crippen molar-refractivity contribution >= 4 is 55.7 Å². The summed E-state index contributed by atoms with van der Waals surface area (Å²) in [5.74, 6) is -0.975. The molecule has 0 saturated carbocycles. The number of halogens is 2. The van der Waals surface area contributed by atoms with Gasteiger partial charge in [0.2, 0.25) is 0 Å². The number of benzene rings is 1. The molecule has 1 aromatic carbocycles. The van der Waals surface area contributed by atoms with E-state index in [1.54, 1.807) is 24.3 Å². The second-order valence-corrected chi connectivity index (χ2v) is 6.41. The summed E-state index contributed by atoms with van der Waals surface area (Å²) < 4.78 is 0.947. The molecule has 0 aliphatic rings. The van der Waals surface area contributed by atoms with Crippen LogP contribution in [0, 0.1) is 0 Å². The maximum Gasteiger partial charge on any atom is 0.336 e. The molecule has 0 bridgehead atoms. The van der Waals surface area contributed by atoms with Crippen LogP contribution in [0.4, 0.5) is 0 Å². The van der Waals surface area contributed by atoms with Gasteiger partial charge in [0.25, 0.3) is 0 Å². The molecule has 0 fully saturated rings. The molecule has 0 amide bonds. The first-order chi connectivity index (χ1) is 9.54. The predicted octanol–water partition coefficient (Wildman–Crippen LogP) is 5.08. The normalized spacial score (nSPS) is 10.9. The lowest BCUT2D eigenvalue weighted by molar-refractivity contribution is 0.0699. The van der Waals surface area contributed by atoms with Gasteiger partial charge in [-0.2, -0.15) is 0 Å². The molecule has 0 aliphatic carbocycles. The van der Waals surface area contributed by atoms with Crippen molar-refractivity contribution in [3.05, 3.63) is 50.8 Å². The molecule has 0 spiro atoms. The zero-order chi connectivity index (χ0) is 14.3. The van der Waals surface area contributed by atoms with E-state index in [2.05, 4.69) is 20.9 Å². The molecule has 2 heterocycles. The van der Waals surface area contributed by atoms with Crippen LogP contribution in [0.2, 0.25) is 5.02 Å². The zero-order valence-electron chi connectivity index (χ0n) is 9.93. The fraction of sp³-hybridized carbons (Fsp3) is 0. The zero-order valence-corrected chi connectivity index (χ0v) is 13.1. The lowest BCUT2D eigenvalue weighted by atomic mass is 10.1. The second-order valence-electron chi connectivity index (χ2n) is 4.15. The predicted molar refractivity (Wildman–Crippen MR) is 84.7 cm³/mol. The molecule has 20 heavy (non-hydrogen) atoms. The Morgan fingerprint density at radius 2 is 2.10 bits per heavy atom. The van der Waals surface area contributed by atoms with E-state index in [1.165, 1.54) is 11.3 Å². The number of hydrogen-bond acceptors (Lipinski definition) is 3. The van der Waals surface area contributed by atoms with E-state index in [4.69, 9.17) is 11.6 Å². The minimum absolute atomic E-state index is 0.228. The smallest absolute Gasteiger partial charge is 0.336 e. The van der Waals surface area contributed by atoms with Crippen LogP contribution in [0.1, 0.15) is 10.4 Å². The first kappa shape index (κ1) is 13.5. The van der Waals surface area contributed by atoms with Gasteiger partial charge < -0.3 is 5.11 Å². The van der Waals surface area contributed by atoms with Gasteiger partial charge in [-0.1, -0.05) is 17.7 Å². The number of rotatable bonds is 2. The van der Waals surface area contributed by atoms with Gasteiger partial charge in [-0.25, -0.2) is 9.78 Å². The minimum atomic E-state index is -0.975. The highest BCUT2D eigenvalue weighted by Crippen LogP contribution is 2.32. The van der Waals surface area contributed by atoms with Crippen molar-refractivity contribution in [2.45, 2.75) is 0 Å². The van der Waals surface area contributed by atoms with Gasteiger partial charge in [0.15, 0.2) is 0 Å². The largest absolute Gasteiger partial charge is 0.478 e. The Hall–Kier alpha value is -1.43. The summed E-state index contributed by atoms with van der Waals surface area (Å²) in [5.41, 5.74) is 1.44. The molecule has 3 rings (SSSR count). The van der Waals surface area contributed by atoms with Gasteiger partial charge in [-0.05, 0) is 40.2 Å². The number of pyridine rings is 1. The molecule has 6 heteroatoms. The number of fused-ring (bicyclic) bond motifs is 1.